The van der Waals surface area contributed by atoms with E-state index in [2.05, 4.69) is 0 Å². The van der Waals surface area contributed by atoms with Gasteiger partial charge in [0.1, 0.15) is 5.75 Å². The molecular weight excluding hydrogens is 276 g/mol. The Morgan fingerprint density at radius 1 is 1.00 bits per heavy atom. The van der Waals surface area contributed by atoms with Crippen LogP contribution in [0, 0.1) is 5.82 Å². The molecule has 6 heteroatoms. The van der Waals surface area contributed by atoms with Gasteiger partial charge < -0.3 is 4.74 Å². The maximum atomic E-state index is 13.5. The van der Waals surface area contributed by atoms with Crippen LogP contribution in [-0.4, -0.2) is 12.0 Å². The van der Waals surface area contributed by atoms with Crippen molar-refractivity contribution in [2.45, 2.75) is 6.18 Å². The second-order valence-corrected chi connectivity index (χ2v) is 3.89. The third-order valence-corrected chi connectivity index (χ3v) is 2.42. The van der Waals surface area contributed by atoms with Crippen LogP contribution in [0.15, 0.2) is 48.5 Å². The molecule has 104 valence electrons. The van der Waals surface area contributed by atoms with Gasteiger partial charge in [-0.3, -0.25) is 4.79 Å². The molecule has 0 aromatic heterocycles. The molecule has 0 amide bonds. The molecule has 0 fully saturated rings. The van der Waals surface area contributed by atoms with Crippen molar-refractivity contribution in [1.82, 2.24) is 0 Å². The summed E-state index contributed by atoms with van der Waals surface area (Å²) in [5.74, 6) is -3.09. The average molecular weight is 284 g/mol. The van der Waals surface area contributed by atoms with Crippen LogP contribution < -0.4 is 4.74 Å². The molecule has 0 radical (unpaired) electrons. The van der Waals surface area contributed by atoms with Gasteiger partial charge in [-0.15, -0.1) is 0 Å². The normalized spacial score (nSPS) is 11.2. The molecule has 0 heterocycles. The Labute approximate surface area is 111 Å². The number of alkyl halides is 3. The summed E-state index contributed by atoms with van der Waals surface area (Å²) >= 11 is 0. The Kier molecular flexibility index (Phi) is 3.74. The zero-order chi connectivity index (χ0) is 14.8. The molecule has 2 aromatic carbocycles. The maximum Gasteiger partial charge on any atom is 0.454 e. The highest BCUT2D eigenvalue weighted by atomic mass is 19.4. The monoisotopic (exact) mass is 284 g/mol. The van der Waals surface area contributed by atoms with E-state index in [1.807, 2.05) is 0 Å². The maximum absolute atomic E-state index is 13.5. The Hall–Kier alpha value is -2.37. The minimum atomic E-state index is -5.01. The summed E-state index contributed by atoms with van der Waals surface area (Å²) in [6, 6.07) is 10.2. The van der Waals surface area contributed by atoms with Crippen LogP contribution in [0.3, 0.4) is 0 Å². The molecule has 0 unspecified atom stereocenters. The molecule has 2 rings (SSSR count). The van der Waals surface area contributed by atoms with Crippen LogP contribution in [-0.2, 0) is 0 Å². The molecule has 0 saturated carbocycles. The first kappa shape index (κ1) is 14.0. The fourth-order valence-electron chi connectivity index (χ4n) is 1.50. The van der Waals surface area contributed by atoms with Gasteiger partial charge in [0.25, 0.3) is 5.78 Å². The van der Waals surface area contributed by atoms with Gasteiger partial charge in [-0.1, -0.05) is 18.2 Å². The molecule has 0 saturated heterocycles. The Bertz CT molecular complexity index is 621. The minimum absolute atomic E-state index is 0.253. The number of benzene rings is 2. The predicted molar refractivity (Wildman–Crippen MR) is 63.3 cm³/mol. The summed E-state index contributed by atoms with van der Waals surface area (Å²) < 4.78 is 55.5. The molecule has 0 aliphatic heterocycles. The zero-order valence-electron chi connectivity index (χ0n) is 9.95. The SMILES string of the molecule is O=C(c1ccc(F)c(Oc2ccccc2)c1)C(F)(F)F. The lowest BCUT2D eigenvalue weighted by Gasteiger charge is -2.09. The first-order valence-corrected chi connectivity index (χ1v) is 5.52. The van der Waals surface area contributed by atoms with E-state index < -0.39 is 29.1 Å². The second kappa shape index (κ2) is 5.32. The van der Waals surface area contributed by atoms with Gasteiger partial charge in [0.2, 0.25) is 0 Å². The summed E-state index contributed by atoms with van der Waals surface area (Å²) in [5.41, 5.74) is -0.676. The number of hydrogen-bond donors (Lipinski definition) is 0. The Balaban J connectivity index is 2.33. The van der Waals surface area contributed by atoms with Gasteiger partial charge in [0, 0.05) is 5.56 Å². The lowest BCUT2D eigenvalue weighted by molar-refractivity contribution is -0.0885. The molecule has 0 aliphatic rings. The fourth-order valence-corrected chi connectivity index (χ4v) is 1.50. The number of hydrogen-bond acceptors (Lipinski definition) is 2. The van der Waals surface area contributed by atoms with Crippen molar-refractivity contribution in [2.75, 3.05) is 0 Å². The first-order valence-electron chi connectivity index (χ1n) is 5.52. The van der Waals surface area contributed by atoms with Crippen LogP contribution in [0.2, 0.25) is 0 Å². The van der Waals surface area contributed by atoms with Gasteiger partial charge >= 0.3 is 6.18 Å². The third kappa shape index (κ3) is 3.14. The lowest BCUT2D eigenvalue weighted by Crippen LogP contribution is -2.22. The van der Waals surface area contributed by atoms with E-state index in [0.717, 1.165) is 18.2 Å². The lowest BCUT2D eigenvalue weighted by atomic mass is 10.1. The number of halogens is 4. The van der Waals surface area contributed by atoms with Crippen molar-refractivity contribution in [2.24, 2.45) is 0 Å². The summed E-state index contributed by atoms with van der Waals surface area (Å²) in [5, 5.41) is 0. The number of rotatable bonds is 3. The zero-order valence-corrected chi connectivity index (χ0v) is 9.95. The fraction of sp³-hybridized carbons (Fsp3) is 0.0714. The van der Waals surface area contributed by atoms with Gasteiger partial charge in [0.05, 0.1) is 0 Å². The summed E-state index contributed by atoms with van der Waals surface area (Å²) in [7, 11) is 0. The number of Topliss-reactive ketones (excluding diaryl/α,β-unsaturated/α-hetero) is 1. The molecule has 0 N–H and O–H groups in total. The average Bonchev–Trinajstić information content (AvgIpc) is 2.40. The van der Waals surface area contributed by atoms with Gasteiger partial charge in [-0.2, -0.15) is 13.2 Å². The highest BCUT2D eigenvalue weighted by Gasteiger charge is 2.39. The molecule has 0 bridgehead atoms. The van der Waals surface area contributed by atoms with E-state index >= 15 is 0 Å². The highest BCUT2D eigenvalue weighted by Crippen LogP contribution is 2.28. The highest BCUT2D eigenvalue weighted by molar-refractivity contribution is 6.00. The smallest absolute Gasteiger partial charge is 0.454 e. The Morgan fingerprint density at radius 3 is 2.25 bits per heavy atom. The quantitative estimate of drug-likeness (QED) is 0.618. The van der Waals surface area contributed by atoms with Crippen molar-refractivity contribution in [3.05, 3.63) is 59.9 Å². The van der Waals surface area contributed by atoms with Crippen LogP contribution in [0.1, 0.15) is 10.4 Å². The van der Waals surface area contributed by atoms with Gasteiger partial charge in [0.15, 0.2) is 11.6 Å². The molecule has 2 aromatic rings. The third-order valence-electron chi connectivity index (χ3n) is 2.42. The van der Waals surface area contributed by atoms with Gasteiger partial charge in [-0.25, -0.2) is 4.39 Å². The van der Waals surface area contributed by atoms with E-state index in [0.29, 0.717) is 0 Å². The largest absolute Gasteiger partial charge is 0.454 e. The number of ketones is 1. The number of carbonyl (C=O) groups excluding carboxylic acids is 1. The van der Waals surface area contributed by atoms with E-state index in [9.17, 15) is 22.4 Å². The van der Waals surface area contributed by atoms with Gasteiger partial charge in [-0.05, 0) is 30.3 Å². The van der Waals surface area contributed by atoms with Crippen LogP contribution in [0.4, 0.5) is 17.6 Å². The molecular formula is C14H8F4O2. The molecule has 20 heavy (non-hydrogen) atoms. The molecule has 0 atom stereocenters. The molecule has 2 nitrogen and oxygen atoms in total. The van der Waals surface area contributed by atoms with Crippen molar-refractivity contribution in [3.63, 3.8) is 0 Å². The Morgan fingerprint density at radius 2 is 1.65 bits per heavy atom. The van der Waals surface area contributed by atoms with Crippen LogP contribution in [0.25, 0.3) is 0 Å². The number of carbonyl (C=O) groups is 1. The van der Waals surface area contributed by atoms with Crippen LogP contribution in [0.5, 0.6) is 11.5 Å². The van der Waals surface area contributed by atoms with E-state index in [4.69, 9.17) is 4.74 Å². The van der Waals surface area contributed by atoms with Crippen LogP contribution >= 0.6 is 0 Å². The summed E-state index contributed by atoms with van der Waals surface area (Å²) in [4.78, 5) is 11.1. The standard InChI is InChI=1S/C14H8F4O2/c15-11-7-6-9(13(19)14(16,17)18)8-12(11)20-10-4-2-1-3-5-10/h1-8H. The molecule has 0 spiro atoms. The first-order chi connectivity index (χ1) is 9.38. The molecule has 0 aliphatic carbocycles. The van der Waals surface area contributed by atoms with Crippen molar-refractivity contribution < 1.29 is 27.1 Å². The van der Waals surface area contributed by atoms with E-state index in [-0.39, 0.29) is 5.75 Å². The van der Waals surface area contributed by atoms with Crippen molar-refractivity contribution in [3.8, 4) is 11.5 Å². The minimum Gasteiger partial charge on any atom is -0.454 e. The summed E-state index contributed by atoms with van der Waals surface area (Å²) in [6.07, 6.45) is -5.01. The van der Waals surface area contributed by atoms with Crippen molar-refractivity contribution in [1.29, 1.82) is 0 Å². The topological polar surface area (TPSA) is 26.3 Å². The number of para-hydroxylation sites is 1. The second-order valence-electron chi connectivity index (χ2n) is 3.89. The number of ether oxygens (including phenoxy) is 1. The van der Waals surface area contributed by atoms with E-state index in [1.54, 1.807) is 18.2 Å². The van der Waals surface area contributed by atoms with Crippen molar-refractivity contribution >= 4 is 5.78 Å². The predicted octanol–water partition coefficient (Wildman–Crippen LogP) is 4.36. The summed E-state index contributed by atoms with van der Waals surface area (Å²) in [6.45, 7) is 0. The van der Waals surface area contributed by atoms with E-state index in [1.165, 1.54) is 12.1 Å².